The highest BCUT2D eigenvalue weighted by Crippen LogP contribution is 2.38. The number of fused-ring (bicyclic) bond motifs is 2. The molecule has 10 nitrogen and oxygen atoms in total. The lowest BCUT2D eigenvalue weighted by Crippen LogP contribution is -2.21. The van der Waals surface area contributed by atoms with Crippen molar-refractivity contribution in [1.29, 1.82) is 0 Å². The molecule has 0 radical (unpaired) electrons. The topological polar surface area (TPSA) is 104 Å². The zero-order valence-electron chi connectivity index (χ0n) is 21.5. The lowest BCUT2D eigenvalue weighted by Gasteiger charge is -2.10. The third kappa shape index (κ3) is 4.79. The third-order valence-corrected chi connectivity index (χ3v) is 7.77. The van der Waals surface area contributed by atoms with Crippen molar-refractivity contribution < 1.29 is 23.4 Å². The van der Waals surface area contributed by atoms with Crippen LogP contribution in [0.1, 0.15) is 16.1 Å². The number of benzene rings is 2. The van der Waals surface area contributed by atoms with Gasteiger partial charge in [-0.2, -0.15) is 0 Å². The molecule has 0 bridgehead atoms. The van der Waals surface area contributed by atoms with Crippen LogP contribution < -0.4 is 14.2 Å². The molecule has 0 atom stereocenters. The first kappa shape index (κ1) is 24.9. The van der Waals surface area contributed by atoms with Gasteiger partial charge < -0.3 is 23.5 Å². The van der Waals surface area contributed by atoms with Crippen molar-refractivity contribution in [2.24, 2.45) is 0 Å². The number of carbonyl (C=O) groups excluding carboxylic acids is 1. The van der Waals surface area contributed by atoms with E-state index >= 15 is 0 Å². The van der Waals surface area contributed by atoms with Gasteiger partial charge in [-0.15, -0.1) is 16.4 Å². The summed E-state index contributed by atoms with van der Waals surface area (Å²) in [6.45, 7) is 0.250. The molecule has 0 unspecified atom stereocenters. The Kier molecular flexibility index (Phi) is 6.41. The summed E-state index contributed by atoms with van der Waals surface area (Å²) in [7, 11) is 6.64. The van der Waals surface area contributed by atoms with Crippen molar-refractivity contribution in [3.63, 3.8) is 0 Å². The Bertz CT molecular complexity index is 1780. The highest BCUT2D eigenvalue weighted by molar-refractivity contribution is 7.18. The summed E-state index contributed by atoms with van der Waals surface area (Å²) in [5.74, 6) is 1.75. The van der Waals surface area contributed by atoms with Crippen LogP contribution >= 0.6 is 22.7 Å². The first-order valence-corrected chi connectivity index (χ1v) is 13.5. The van der Waals surface area contributed by atoms with Crippen LogP contribution in [0.25, 0.3) is 38.0 Å². The number of methoxy groups -OCH3 is 2. The summed E-state index contributed by atoms with van der Waals surface area (Å²) in [5, 5.41) is 8.41. The molecule has 1 amide bonds. The van der Waals surface area contributed by atoms with E-state index < -0.39 is 0 Å². The van der Waals surface area contributed by atoms with Gasteiger partial charge in [0.2, 0.25) is 4.96 Å². The van der Waals surface area contributed by atoms with Gasteiger partial charge in [0.25, 0.3) is 11.1 Å². The number of ether oxygens (including phenoxy) is 3. The lowest BCUT2D eigenvalue weighted by atomic mass is 10.1. The number of furan rings is 1. The van der Waals surface area contributed by atoms with Gasteiger partial charge in [-0.3, -0.25) is 4.79 Å². The molecule has 4 heterocycles. The van der Waals surface area contributed by atoms with Crippen molar-refractivity contribution >= 4 is 44.5 Å². The minimum Gasteiger partial charge on any atom is -0.496 e. The van der Waals surface area contributed by atoms with E-state index in [9.17, 15) is 4.79 Å². The van der Waals surface area contributed by atoms with Crippen LogP contribution in [0.15, 0.2) is 58.5 Å². The molecule has 0 saturated heterocycles. The number of aromatic nitrogens is 4. The van der Waals surface area contributed by atoms with Crippen LogP contribution in [0.2, 0.25) is 0 Å². The minimum absolute atomic E-state index is 0.0511. The Balaban J connectivity index is 1.25. The van der Waals surface area contributed by atoms with Crippen molar-refractivity contribution in [2.45, 2.75) is 6.61 Å². The lowest BCUT2D eigenvalue weighted by molar-refractivity contribution is 0.0827. The van der Waals surface area contributed by atoms with Gasteiger partial charge in [0.05, 0.1) is 31.5 Å². The van der Waals surface area contributed by atoms with E-state index in [0.717, 1.165) is 21.7 Å². The monoisotopic (exact) mass is 561 g/mol. The van der Waals surface area contributed by atoms with Gasteiger partial charge in [0.15, 0.2) is 5.76 Å². The number of imidazole rings is 1. The second kappa shape index (κ2) is 10.0. The Morgan fingerprint density at radius 2 is 1.97 bits per heavy atom. The maximum Gasteiger partial charge on any atom is 0.294 e. The number of rotatable bonds is 8. The summed E-state index contributed by atoms with van der Waals surface area (Å²) >= 11 is 2.85. The van der Waals surface area contributed by atoms with Gasteiger partial charge in [0, 0.05) is 42.7 Å². The quantitative estimate of drug-likeness (QED) is 0.236. The zero-order chi connectivity index (χ0) is 27.1. The molecule has 0 N–H and O–H groups in total. The number of hydrogen-bond acceptors (Lipinski definition) is 10. The zero-order valence-corrected chi connectivity index (χ0v) is 23.1. The average molecular weight is 562 g/mol. The summed E-state index contributed by atoms with van der Waals surface area (Å²) in [5.41, 5.74) is 3.54. The third-order valence-electron chi connectivity index (χ3n) is 5.95. The molecule has 39 heavy (non-hydrogen) atoms. The van der Waals surface area contributed by atoms with Crippen LogP contribution in [0.5, 0.6) is 16.7 Å². The number of nitrogens with zero attached hydrogens (tertiary/aromatic N) is 5. The number of hydrogen-bond donors (Lipinski definition) is 0. The molecule has 0 saturated carbocycles. The van der Waals surface area contributed by atoms with Crippen LogP contribution in [0.3, 0.4) is 0 Å². The van der Waals surface area contributed by atoms with E-state index in [1.807, 2.05) is 41.8 Å². The van der Waals surface area contributed by atoms with Crippen molar-refractivity contribution in [1.82, 2.24) is 24.5 Å². The van der Waals surface area contributed by atoms with Gasteiger partial charge in [0.1, 0.15) is 34.4 Å². The van der Waals surface area contributed by atoms with Gasteiger partial charge >= 0.3 is 0 Å². The number of amides is 1. The highest BCUT2D eigenvalue weighted by Gasteiger charge is 2.18. The SMILES string of the molecule is COc1cc(OCc2csc(-c3cccc(C(=O)N(C)C)c3)n2)c2cc(-c3cn4nc(OC)sc4n3)oc2c1. The maximum absolute atomic E-state index is 12.4. The fourth-order valence-electron chi connectivity index (χ4n) is 4.03. The number of thiazole rings is 1. The summed E-state index contributed by atoms with van der Waals surface area (Å²) < 4.78 is 24.6. The Labute approximate surface area is 231 Å². The number of carbonyl (C=O) groups is 1. The van der Waals surface area contributed by atoms with E-state index in [4.69, 9.17) is 23.6 Å². The second-order valence-corrected chi connectivity index (χ2v) is 10.6. The van der Waals surface area contributed by atoms with Crippen LogP contribution in [0, 0.1) is 0 Å². The highest BCUT2D eigenvalue weighted by atomic mass is 32.1. The molecule has 0 aliphatic heterocycles. The normalized spacial score (nSPS) is 11.3. The molecule has 0 fully saturated rings. The molecule has 0 aliphatic rings. The van der Waals surface area contributed by atoms with E-state index in [-0.39, 0.29) is 12.5 Å². The molecular weight excluding hydrogens is 538 g/mol. The van der Waals surface area contributed by atoms with Gasteiger partial charge in [-0.1, -0.05) is 12.1 Å². The summed E-state index contributed by atoms with van der Waals surface area (Å²) in [4.78, 5) is 24.0. The Hall–Kier alpha value is -4.42. The molecule has 6 rings (SSSR count). The summed E-state index contributed by atoms with van der Waals surface area (Å²) in [6.07, 6.45) is 1.79. The van der Waals surface area contributed by atoms with E-state index in [0.29, 0.717) is 44.3 Å². The van der Waals surface area contributed by atoms with Crippen LogP contribution in [0.4, 0.5) is 0 Å². The molecule has 4 aromatic heterocycles. The first-order valence-electron chi connectivity index (χ1n) is 11.8. The summed E-state index contributed by atoms with van der Waals surface area (Å²) in [6, 6.07) is 13.0. The van der Waals surface area contributed by atoms with Crippen molar-refractivity contribution in [3.05, 3.63) is 65.3 Å². The average Bonchev–Trinajstić information content (AvgIpc) is 3.73. The van der Waals surface area contributed by atoms with Gasteiger partial charge in [-0.25, -0.2) is 14.5 Å². The molecule has 0 spiro atoms. The van der Waals surface area contributed by atoms with E-state index in [1.165, 1.54) is 22.7 Å². The predicted octanol–water partition coefficient (Wildman–Crippen LogP) is 5.63. The van der Waals surface area contributed by atoms with Crippen LogP contribution in [-0.4, -0.2) is 58.7 Å². The smallest absolute Gasteiger partial charge is 0.294 e. The fourth-order valence-corrected chi connectivity index (χ4v) is 5.53. The van der Waals surface area contributed by atoms with E-state index in [1.54, 1.807) is 50.0 Å². The predicted molar refractivity (Wildman–Crippen MR) is 149 cm³/mol. The minimum atomic E-state index is -0.0511. The Morgan fingerprint density at radius 1 is 1.10 bits per heavy atom. The van der Waals surface area contributed by atoms with Crippen molar-refractivity contribution in [2.75, 3.05) is 28.3 Å². The largest absolute Gasteiger partial charge is 0.496 e. The standard InChI is InChI=1S/C27H23N5O5S2/c1-31(2)25(33)16-7-5-6-15(8-16)24-28-17(14-38-24)13-36-21-9-18(34-3)10-22-19(21)11-23(37-22)20-12-32-26(29-20)39-27(30-32)35-4/h5-12,14H,13H2,1-4H3. The molecule has 6 aromatic rings. The first-order chi connectivity index (χ1) is 18.9. The molecule has 2 aromatic carbocycles. The Morgan fingerprint density at radius 3 is 2.74 bits per heavy atom. The van der Waals surface area contributed by atoms with Gasteiger partial charge in [-0.05, 0) is 29.5 Å². The van der Waals surface area contributed by atoms with Crippen molar-refractivity contribution in [3.8, 4) is 38.7 Å². The molecular formula is C27H23N5O5S2. The fraction of sp³-hybridized carbons (Fsp3) is 0.185. The molecule has 0 aliphatic carbocycles. The van der Waals surface area contributed by atoms with E-state index in [2.05, 4.69) is 10.1 Å². The molecule has 12 heteroatoms. The molecule has 198 valence electrons. The maximum atomic E-state index is 12.4. The van der Waals surface area contributed by atoms with Crippen LogP contribution in [-0.2, 0) is 6.61 Å². The second-order valence-electron chi connectivity index (χ2n) is 8.79.